The molecule has 0 spiro atoms. The molecule has 0 atom stereocenters. The number of nitrogens with two attached hydrogens (primary N) is 1. The van der Waals surface area contributed by atoms with Gasteiger partial charge in [-0.2, -0.15) is 0 Å². The van der Waals surface area contributed by atoms with Gasteiger partial charge in [-0.3, -0.25) is 19.4 Å². The summed E-state index contributed by atoms with van der Waals surface area (Å²) in [5.74, 6) is -4.48. The fraction of sp³-hybridized carbons (Fsp3) is 0.458. The highest BCUT2D eigenvalue weighted by molar-refractivity contribution is 5.88. The molecule has 2 heterocycles. The molecule has 12 nitrogen and oxygen atoms in total. The van der Waals surface area contributed by atoms with E-state index in [9.17, 15) is 19.2 Å². The fourth-order valence-corrected chi connectivity index (χ4v) is 3.96. The third-order valence-electron chi connectivity index (χ3n) is 5.76. The molecule has 0 aliphatic carbocycles. The van der Waals surface area contributed by atoms with Crippen molar-refractivity contribution >= 4 is 40.4 Å². The molecule has 1 saturated heterocycles. The van der Waals surface area contributed by atoms with Crippen LogP contribution in [0, 0.1) is 0 Å². The molecule has 1 aromatic carbocycles. The highest BCUT2D eigenvalue weighted by Gasteiger charge is 2.40. The lowest BCUT2D eigenvalue weighted by atomic mass is 9.91. The Kier molecular flexibility index (Phi) is 9.70. The molecule has 12 heteroatoms. The van der Waals surface area contributed by atoms with Crippen molar-refractivity contribution < 1.29 is 39.6 Å². The Balaban J connectivity index is 0.000000302. The number of pyridine rings is 1. The predicted octanol–water partition coefficient (Wildman–Crippen LogP) is 0.836. The molecule has 3 rings (SSSR count). The number of carboxylic acids is 3. The second kappa shape index (κ2) is 12.3. The van der Waals surface area contributed by atoms with Gasteiger partial charge in [-0.1, -0.05) is 18.2 Å². The van der Waals surface area contributed by atoms with E-state index in [1.807, 2.05) is 54.2 Å². The highest BCUT2D eigenvalue weighted by atomic mass is 16.4. The van der Waals surface area contributed by atoms with E-state index in [2.05, 4.69) is 0 Å². The molecule has 6 N–H and O–H groups in total. The van der Waals surface area contributed by atoms with Crippen LogP contribution in [0.25, 0.3) is 10.9 Å². The quantitative estimate of drug-likeness (QED) is 0.342. The van der Waals surface area contributed by atoms with Crippen molar-refractivity contribution in [3.05, 3.63) is 36.0 Å². The summed E-state index contributed by atoms with van der Waals surface area (Å²) >= 11 is 0. The lowest BCUT2D eigenvalue weighted by molar-refractivity contribution is -0.170. The van der Waals surface area contributed by atoms with Crippen molar-refractivity contribution in [2.24, 2.45) is 0 Å². The molecular weight excluding hydrogens is 472 g/mol. The van der Waals surface area contributed by atoms with E-state index < -0.39 is 36.4 Å². The largest absolute Gasteiger partial charge is 0.481 e. The lowest BCUT2D eigenvalue weighted by Gasteiger charge is -2.33. The number of aromatic nitrogens is 1. The summed E-state index contributed by atoms with van der Waals surface area (Å²) in [5.41, 5.74) is 6.23. The molecule has 0 bridgehead atoms. The van der Waals surface area contributed by atoms with Crippen LogP contribution in [0.1, 0.15) is 37.3 Å². The van der Waals surface area contributed by atoms with Crippen LogP contribution in [-0.2, 0) is 19.2 Å². The van der Waals surface area contributed by atoms with Gasteiger partial charge in [0.05, 0.1) is 36.3 Å². The minimum absolute atomic E-state index is 0.202. The van der Waals surface area contributed by atoms with Crippen molar-refractivity contribution in [1.29, 1.82) is 0 Å². The number of benzene rings is 1. The Hall–Kier alpha value is -3.77. The number of nitrogen functional groups attached to an aromatic ring is 1. The molecule has 0 saturated carbocycles. The van der Waals surface area contributed by atoms with Gasteiger partial charge in [-0.25, -0.2) is 4.79 Å². The minimum Gasteiger partial charge on any atom is -0.481 e. The fourth-order valence-electron chi connectivity index (χ4n) is 3.96. The molecule has 0 radical (unpaired) electrons. The van der Waals surface area contributed by atoms with E-state index in [0.717, 1.165) is 48.2 Å². The molecule has 1 amide bonds. The zero-order valence-electron chi connectivity index (χ0n) is 20.3. The van der Waals surface area contributed by atoms with Gasteiger partial charge in [0, 0.05) is 24.4 Å². The number of carboxylic acid groups (broad SMARTS) is 3. The van der Waals surface area contributed by atoms with E-state index in [0.29, 0.717) is 12.5 Å². The Morgan fingerprint density at radius 3 is 2.11 bits per heavy atom. The molecule has 1 aromatic heterocycles. The van der Waals surface area contributed by atoms with Crippen LogP contribution < -0.4 is 5.73 Å². The summed E-state index contributed by atoms with van der Waals surface area (Å²) in [6.45, 7) is 2.04. The molecule has 2 aromatic rings. The van der Waals surface area contributed by atoms with E-state index >= 15 is 0 Å². The van der Waals surface area contributed by atoms with Gasteiger partial charge in [0.2, 0.25) is 5.91 Å². The maximum Gasteiger partial charge on any atom is 0.336 e. The first kappa shape index (κ1) is 28.5. The summed E-state index contributed by atoms with van der Waals surface area (Å²) in [4.78, 5) is 51.3. The number of likely N-dealkylation sites (tertiary alicyclic amines) is 1. The van der Waals surface area contributed by atoms with Gasteiger partial charge in [-0.15, -0.1) is 0 Å². The number of hydrogen-bond donors (Lipinski definition) is 5. The molecule has 1 aliphatic heterocycles. The molecule has 1 fully saturated rings. The molecule has 0 unspecified atom stereocenters. The van der Waals surface area contributed by atoms with E-state index in [4.69, 9.17) is 31.1 Å². The SMILES string of the molecule is CN(C)CC(=O)N1CCC(c2nc3ccccc3cc2N)CC1.O=C(O)CC(O)(CC(=O)O)C(=O)O. The molecule has 196 valence electrons. The normalized spacial score (nSPS) is 14.3. The number of nitrogens with zero attached hydrogens (tertiary/aromatic N) is 3. The number of piperidine rings is 1. The van der Waals surface area contributed by atoms with Gasteiger partial charge in [0.25, 0.3) is 0 Å². The number of aliphatic carboxylic acids is 3. The number of para-hydroxylation sites is 1. The average molecular weight is 505 g/mol. The topological polar surface area (TPSA) is 195 Å². The Bertz CT molecular complexity index is 1100. The lowest BCUT2D eigenvalue weighted by Crippen LogP contribution is -2.42. The highest BCUT2D eigenvalue weighted by Crippen LogP contribution is 2.32. The summed E-state index contributed by atoms with van der Waals surface area (Å²) in [5, 5.41) is 34.9. The summed E-state index contributed by atoms with van der Waals surface area (Å²) < 4.78 is 0. The van der Waals surface area contributed by atoms with Crippen molar-refractivity contribution in [3.63, 3.8) is 0 Å². The van der Waals surface area contributed by atoms with E-state index in [1.165, 1.54) is 0 Å². The first-order chi connectivity index (χ1) is 16.8. The third-order valence-corrected chi connectivity index (χ3v) is 5.76. The smallest absolute Gasteiger partial charge is 0.336 e. The average Bonchev–Trinajstić information content (AvgIpc) is 2.77. The Morgan fingerprint density at radius 1 is 1.06 bits per heavy atom. The van der Waals surface area contributed by atoms with E-state index in [1.54, 1.807) is 0 Å². The maximum absolute atomic E-state index is 12.1. The number of amides is 1. The van der Waals surface area contributed by atoms with Crippen LogP contribution in [0.15, 0.2) is 30.3 Å². The van der Waals surface area contributed by atoms with Gasteiger partial charge in [0.15, 0.2) is 5.60 Å². The summed E-state index contributed by atoms with van der Waals surface area (Å²) in [6, 6.07) is 10.1. The zero-order valence-corrected chi connectivity index (χ0v) is 20.3. The molecule has 1 aliphatic rings. The minimum atomic E-state index is -2.74. The predicted molar refractivity (Wildman–Crippen MR) is 130 cm³/mol. The van der Waals surface area contributed by atoms with Gasteiger partial charge < -0.3 is 36.0 Å². The number of aliphatic hydroxyl groups is 1. The van der Waals surface area contributed by atoms with Crippen molar-refractivity contribution in [3.8, 4) is 0 Å². The van der Waals surface area contributed by atoms with E-state index in [-0.39, 0.29) is 5.91 Å². The number of hydrogen-bond acceptors (Lipinski definition) is 8. The number of carbonyl (C=O) groups excluding carboxylic acids is 1. The molecule has 36 heavy (non-hydrogen) atoms. The van der Waals surface area contributed by atoms with Gasteiger partial charge in [0.1, 0.15) is 0 Å². The van der Waals surface area contributed by atoms with Crippen LogP contribution in [-0.4, -0.2) is 98.4 Å². The number of carbonyl (C=O) groups is 4. The number of likely N-dealkylation sites (N-methyl/N-ethyl adjacent to an activating group) is 1. The summed E-state index contributed by atoms with van der Waals surface area (Å²) in [6.07, 6.45) is -0.438. The van der Waals surface area contributed by atoms with Crippen LogP contribution in [0.4, 0.5) is 5.69 Å². The van der Waals surface area contributed by atoms with Crippen molar-refractivity contribution in [2.75, 3.05) is 39.5 Å². The van der Waals surface area contributed by atoms with Crippen LogP contribution in [0.2, 0.25) is 0 Å². The monoisotopic (exact) mass is 504 g/mol. The van der Waals surface area contributed by atoms with Gasteiger partial charge >= 0.3 is 17.9 Å². The van der Waals surface area contributed by atoms with Crippen LogP contribution in [0.5, 0.6) is 0 Å². The van der Waals surface area contributed by atoms with Gasteiger partial charge in [-0.05, 0) is 39.1 Å². The third kappa shape index (κ3) is 7.89. The second-order valence-electron chi connectivity index (χ2n) is 9.03. The maximum atomic E-state index is 12.1. The van der Waals surface area contributed by atoms with Crippen molar-refractivity contribution in [2.45, 2.75) is 37.2 Å². The van der Waals surface area contributed by atoms with Crippen molar-refractivity contribution in [1.82, 2.24) is 14.8 Å². The first-order valence-corrected chi connectivity index (χ1v) is 11.3. The Morgan fingerprint density at radius 2 is 1.61 bits per heavy atom. The Labute approximate surface area is 207 Å². The first-order valence-electron chi connectivity index (χ1n) is 11.3. The number of anilines is 1. The van der Waals surface area contributed by atoms with Crippen LogP contribution >= 0.6 is 0 Å². The number of fused-ring (bicyclic) bond motifs is 1. The molecular formula is C24H32N4O8. The zero-order chi connectivity index (χ0) is 27.0. The standard InChI is InChI=1S/C18H24N4O.C6H8O7/c1-21(2)12-17(23)22-9-7-13(8-10-22)18-15(19)11-14-5-3-4-6-16(14)20-18;7-3(8)1-6(13,5(11)12)2-4(9)10/h3-6,11,13H,7-10,12,19H2,1-2H3;13H,1-2H2,(H,7,8)(H,9,10)(H,11,12). The van der Waals surface area contributed by atoms with Crippen LogP contribution in [0.3, 0.4) is 0 Å². The number of rotatable bonds is 8. The summed E-state index contributed by atoms with van der Waals surface area (Å²) in [7, 11) is 3.84. The second-order valence-corrected chi connectivity index (χ2v) is 9.03.